The third-order valence-corrected chi connectivity index (χ3v) is 16.6. The Morgan fingerprint density at radius 1 is 0.452 bits per heavy atom. The summed E-state index contributed by atoms with van der Waals surface area (Å²) in [4.78, 5) is 14.2. The van der Waals surface area contributed by atoms with Gasteiger partial charge in [-0.1, -0.05) is 188 Å². The van der Waals surface area contributed by atoms with Crippen LogP contribution >= 0.6 is 0 Å². The number of sulfonamides is 2. The van der Waals surface area contributed by atoms with Gasteiger partial charge in [0.1, 0.15) is 31.3 Å². The molecule has 1 amide bonds. The molecule has 0 aliphatic rings. The van der Waals surface area contributed by atoms with Gasteiger partial charge in [-0.05, 0) is 119 Å². The van der Waals surface area contributed by atoms with Gasteiger partial charge in [-0.15, -0.1) is 0 Å². The van der Waals surface area contributed by atoms with Crippen LogP contribution in [0.1, 0.15) is 88.0 Å². The number of aliphatic hydroxyl groups excluding tert-OH is 2. The quantitative estimate of drug-likeness (QED) is 0.0342. The number of hydrogen-bond donors (Lipinski definition) is 3. The first-order valence-electron chi connectivity index (χ1n) is 28.4. The molecule has 2 unspecified atom stereocenters. The minimum atomic E-state index is -3.89. The van der Waals surface area contributed by atoms with Crippen LogP contribution in [0, 0.1) is 0 Å². The minimum absolute atomic E-state index is 0.0233. The highest BCUT2D eigenvalue weighted by atomic mass is 32.2. The average Bonchev–Trinajstić information content (AvgIpc) is 2.31. The smallest absolute Gasteiger partial charge is 0.407 e. The van der Waals surface area contributed by atoms with Crippen molar-refractivity contribution in [1.29, 1.82) is 0 Å². The summed E-state index contributed by atoms with van der Waals surface area (Å²) in [6.07, 6.45) is 4.46. The first kappa shape index (κ1) is 62.1. The van der Waals surface area contributed by atoms with Gasteiger partial charge in [0.15, 0.2) is 0 Å². The Morgan fingerprint density at radius 2 is 0.821 bits per heavy atom. The molecule has 8 aromatic carbocycles. The lowest BCUT2D eigenvalue weighted by Crippen LogP contribution is -2.34. The Bertz CT molecular complexity index is 3340. The summed E-state index contributed by atoms with van der Waals surface area (Å²) in [5.74, 6) is 0.648. The van der Waals surface area contributed by atoms with E-state index in [4.69, 9.17) is 14.2 Å². The van der Waals surface area contributed by atoms with Crippen molar-refractivity contribution < 1.29 is 46.1 Å². The predicted molar refractivity (Wildman–Crippen MR) is 333 cm³/mol. The number of hydrogen-bond acceptors (Lipinski definition) is 11. The fourth-order valence-corrected chi connectivity index (χ4v) is 11.5. The van der Waals surface area contributed by atoms with Gasteiger partial charge in [-0.25, -0.2) is 21.6 Å². The van der Waals surface area contributed by atoms with Crippen LogP contribution in [-0.2, 0) is 70.5 Å². The van der Waals surface area contributed by atoms with Crippen LogP contribution in [0.25, 0.3) is 0 Å². The number of anilines is 2. The zero-order valence-electron chi connectivity index (χ0n) is 47.8. The maximum absolute atomic E-state index is 13.7. The van der Waals surface area contributed by atoms with Crippen LogP contribution in [0.15, 0.2) is 212 Å². The predicted octanol–water partition coefficient (Wildman–Crippen LogP) is 12.1. The lowest BCUT2D eigenvalue weighted by molar-refractivity contribution is 0.0678. The Balaban J connectivity index is 1.00. The number of alkyl carbamates (subject to hydrolysis) is 1. The van der Waals surface area contributed by atoms with E-state index in [9.17, 15) is 31.8 Å². The van der Waals surface area contributed by atoms with Crippen molar-refractivity contribution >= 4 is 37.5 Å². The number of aryl methyl sites for hydroxylation is 2. The largest absolute Gasteiger partial charge is 0.487 e. The molecule has 2 atom stereocenters. The zero-order valence-corrected chi connectivity index (χ0v) is 49.4. The molecule has 14 nitrogen and oxygen atoms in total. The third kappa shape index (κ3) is 19.6. The third-order valence-electron chi connectivity index (χ3n) is 14.3. The van der Waals surface area contributed by atoms with Gasteiger partial charge in [0.05, 0.1) is 49.2 Å². The normalized spacial score (nSPS) is 12.3. The molecule has 0 saturated heterocycles. The molecule has 8 aromatic rings. The zero-order chi connectivity index (χ0) is 59.2. The second-order valence-corrected chi connectivity index (χ2v) is 24.8. The number of benzene rings is 8. The first-order valence-corrected chi connectivity index (χ1v) is 32.1. The Hall–Kier alpha value is -7.99. The molecule has 440 valence electrons. The van der Waals surface area contributed by atoms with E-state index in [0.717, 1.165) is 72.4 Å². The summed E-state index contributed by atoms with van der Waals surface area (Å²) < 4.78 is 75.5. The van der Waals surface area contributed by atoms with E-state index in [1.54, 1.807) is 36.4 Å². The number of carbonyl (C=O) groups excluding carboxylic acids is 1. The lowest BCUT2D eigenvalue weighted by atomic mass is 10.0. The summed E-state index contributed by atoms with van der Waals surface area (Å²) in [6.45, 7) is 1.76. The van der Waals surface area contributed by atoms with Gasteiger partial charge < -0.3 is 29.7 Å². The van der Waals surface area contributed by atoms with Crippen LogP contribution in [0.4, 0.5) is 16.2 Å². The van der Waals surface area contributed by atoms with Crippen LogP contribution in [-0.4, -0.2) is 76.7 Å². The summed E-state index contributed by atoms with van der Waals surface area (Å²) in [5.41, 5.74) is 8.07. The molecule has 0 radical (unpaired) electrons. The molecular formula is C68H76N4O10S2. The fraction of sp³-hybridized carbons (Fsp3) is 0.279. The highest BCUT2D eigenvalue weighted by Crippen LogP contribution is 2.37. The molecule has 0 spiro atoms. The van der Waals surface area contributed by atoms with Crippen LogP contribution < -0.4 is 23.4 Å². The molecule has 0 aliphatic carbocycles. The summed E-state index contributed by atoms with van der Waals surface area (Å²) in [7, 11) is -7.78. The average molecular weight is 1170 g/mol. The SMILES string of the molecule is CS(=O)(=O)N(Cc1ccccc1)c1cc(C(O)CN(CCCCc2ccc(CCCCNC(=O)OCc3ccccc3)cc2)CC(O)c2ccc(OCc3ccccc3)c(N(Cc3ccccc3)S(C)(=O)=O)c2)ccc1OCc1ccccc1. The maximum Gasteiger partial charge on any atom is 0.407 e. The van der Waals surface area contributed by atoms with E-state index >= 15 is 0 Å². The van der Waals surface area contributed by atoms with Gasteiger partial charge in [-0.3, -0.25) is 13.5 Å². The monoisotopic (exact) mass is 1170 g/mol. The number of nitrogens with zero attached hydrogens (tertiary/aromatic N) is 3. The van der Waals surface area contributed by atoms with Gasteiger partial charge >= 0.3 is 6.09 Å². The number of amides is 1. The number of rotatable bonds is 32. The van der Waals surface area contributed by atoms with E-state index in [0.29, 0.717) is 42.1 Å². The van der Waals surface area contributed by atoms with E-state index in [2.05, 4.69) is 29.6 Å². The minimum Gasteiger partial charge on any atom is -0.487 e. The second-order valence-electron chi connectivity index (χ2n) is 21.0. The van der Waals surface area contributed by atoms with Crippen molar-refractivity contribution in [3.8, 4) is 11.5 Å². The first-order chi connectivity index (χ1) is 40.6. The Labute approximate surface area is 496 Å². The molecule has 0 heterocycles. The van der Waals surface area contributed by atoms with E-state index in [1.807, 2.05) is 157 Å². The number of carbonyl (C=O) groups is 1. The van der Waals surface area contributed by atoms with Crippen LogP contribution in [0.3, 0.4) is 0 Å². The highest BCUT2D eigenvalue weighted by Gasteiger charge is 2.27. The van der Waals surface area contributed by atoms with Gasteiger partial charge in [-0.2, -0.15) is 0 Å². The molecule has 0 aliphatic heterocycles. The topological polar surface area (TPSA) is 175 Å². The van der Waals surface area contributed by atoms with Crippen molar-refractivity contribution in [2.75, 3.05) is 47.3 Å². The molecule has 0 saturated carbocycles. The van der Waals surface area contributed by atoms with Gasteiger partial charge in [0.2, 0.25) is 20.0 Å². The number of aliphatic hydroxyl groups is 2. The molecule has 3 N–H and O–H groups in total. The van der Waals surface area contributed by atoms with Crippen LogP contribution in [0.2, 0.25) is 0 Å². The summed E-state index contributed by atoms with van der Waals surface area (Å²) in [5, 5.41) is 27.4. The van der Waals surface area contributed by atoms with E-state index in [1.165, 1.54) is 19.7 Å². The molecule has 16 heteroatoms. The number of unbranched alkanes of at least 4 members (excludes halogenated alkanes) is 2. The molecular weight excluding hydrogens is 1100 g/mol. The van der Waals surface area contributed by atoms with E-state index < -0.39 is 38.3 Å². The van der Waals surface area contributed by atoms with E-state index in [-0.39, 0.29) is 57.4 Å². The lowest BCUT2D eigenvalue weighted by Gasteiger charge is -2.30. The van der Waals surface area contributed by atoms with Crippen molar-refractivity contribution in [2.24, 2.45) is 0 Å². The Morgan fingerprint density at radius 3 is 1.21 bits per heavy atom. The van der Waals surface area contributed by atoms with Crippen molar-refractivity contribution in [3.05, 3.63) is 262 Å². The van der Waals surface area contributed by atoms with Crippen molar-refractivity contribution in [1.82, 2.24) is 10.2 Å². The maximum atomic E-state index is 13.7. The highest BCUT2D eigenvalue weighted by molar-refractivity contribution is 7.92. The molecule has 8 rings (SSSR count). The van der Waals surface area contributed by atoms with Crippen molar-refractivity contribution in [2.45, 2.75) is 83.6 Å². The van der Waals surface area contributed by atoms with Crippen LogP contribution in [0.5, 0.6) is 11.5 Å². The molecule has 0 bridgehead atoms. The summed E-state index contributed by atoms with van der Waals surface area (Å²) in [6, 6.07) is 66.1. The van der Waals surface area contributed by atoms with Gasteiger partial charge in [0, 0.05) is 19.6 Å². The standard InChI is InChI=1S/C68H76N4O10S2/c1-83(76,77)71(46-55-24-8-3-9-25-55)62-44-60(38-40-66(62)80-50-57-28-12-5-13-29-57)64(73)48-70(43-21-19-23-54-36-34-53(35-37-54)22-18-20-42-69-68(75)82-52-59-32-16-7-17-33-59)49-65(74)61-39-41-67(81-51-58-30-14-6-15-31-58)63(45-61)72(84(2,78)79)47-56-26-10-4-11-27-56/h3-17,24-41,44-45,64-65,73-74H,18-23,42-43,46-52H2,1-2H3,(H,69,75). The molecule has 0 fully saturated rings. The second kappa shape index (κ2) is 31.1. The Kier molecular flexibility index (Phi) is 23.0. The molecule has 0 aromatic heterocycles. The number of ether oxygens (including phenoxy) is 3. The van der Waals surface area contributed by atoms with Crippen molar-refractivity contribution in [3.63, 3.8) is 0 Å². The molecule has 84 heavy (non-hydrogen) atoms. The van der Waals surface area contributed by atoms with Gasteiger partial charge in [0.25, 0.3) is 0 Å². The fourth-order valence-electron chi connectivity index (χ4n) is 9.76. The number of nitrogens with one attached hydrogen (secondary N) is 1. The summed E-state index contributed by atoms with van der Waals surface area (Å²) >= 11 is 0.